The van der Waals surface area contributed by atoms with Gasteiger partial charge in [-0.05, 0) is 24.8 Å². The highest BCUT2D eigenvalue weighted by atomic mass is 79.9. The zero-order valence-corrected chi connectivity index (χ0v) is 10.1. The van der Waals surface area contributed by atoms with Crippen molar-refractivity contribution in [1.82, 2.24) is 4.98 Å². The zero-order chi connectivity index (χ0) is 10.5. The second-order valence-corrected chi connectivity index (χ2v) is 4.59. The van der Waals surface area contributed by atoms with Crippen LogP contribution in [0.1, 0.15) is 12.8 Å². The van der Waals surface area contributed by atoms with Crippen LogP contribution in [0.25, 0.3) is 0 Å². The number of hydrogen-bond donors (Lipinski definition) is 0. The van der Waals surface area contributed by atoms with Crippen LogP contribution in [0.15, 0.2) is 22.8 Å². The van der Waals surface area contributed by atoms with Crippen molar-refractivity contribution in [3.8, 4) is 5.88 Å². The Labute approximate surface area is 97.9 Å². The van der Waals surface area contributed by atoms with Crippen LogP contribution < -0.4 is 4.74 Å². The first kappa shape index (κ1) is 10.9. The molecule has 1 aromatic heterocycles. The summed E-state index contributed by atoms with van der Waals surface area (Å²) in [7, 11) is 0. The molecule has 0 unspecified atom stereocenters. The molecule has 0 atom stereocenters. The molecule has 15 heavy (non-hydrogen) atoms. The van der Waals surface area contributed by atoms with Gasteiger partial charge in [-0.1, -0.05) is 15.9 Å². The van der Waals surface area contributed by atoms with Crippen LogP contribution in [-0.2, 0) is 4.74 Å². The predicted octanol–water partition coefficient (Wildman–Crippen LogP) is 2.65. The molecule has 0 saturated carbocycles. The van der Waals surface area contributed by atoms with E-state index in [1.165, 1.54) is 0 Å². The lowest BCUT2D eigenvalue weighted by Gasteiger charge is -2.21. The Morgan fingerprint density at radius 2 is 2.27 bits per heavy atom. The van der Waals surface area contributed by atoms with Gasteiger partial charge >= 0.3 is 0 Å². The molecule has 0 aromatic carbocycles. The molecule has 4 heteroatoms. The van der Waals surface area contributed by atoms with Gasteiger partial charge in [-0.2, -0.15) is 0 Å². The topological polar surface area (TPSA) is 31.4 Å². The highest BCUT2D eigenvalue weighted by molar-refractivity contribution is 9.10. The zero-order valence-electron chi connectivity index (χ0n) is 8.49. The average Bonchev–Trinajstić information content (AvgIpc) is 2.28. The highest BCUT2D eigenvalue weighted by Crippen LogP contribution is 2.18. The summed E-state index contributed by atoms with van der Waals surface area (Å²) in [4.78, 5) is 4.14. The quantitative estimate of drug-likeness (QED) is 0.847. The molecule has 0 amide bonds. The van der Waals surface area contributed by atoms with Crippen molar-refractivity contribution < 1.29 is 9.47 Å². The monoisotopic (exact) mass is 271 g/mol. The molecular weight excluding hydrogens is 258 g/mol. The van der Waals surface area contributed by atoms with Crippen molar-refractivity contribution in [2.45, 2.75) is 12.8 Å². The Hall–Kier alpha value is -0.610. The normalized spacial score (nSPS) is 17.7. The minimum atomic E-state index is 0.611. The van der Waals surface area contributed by atoms with Crippen LogP contribution in [0.4, 0.5) is 0 Å². The van der Waals surface area contributed by atoms with Crippen molar-refractivity contribution in [3.63, 3.8) is 0 Å². The average molecular weight is 272 g/mol. The maximum Gasteiger partial charge on any atom is 0.214 e. The molecular formula is C11H14BrNO2. The first-order chi connectivity index (χ1) is 7.34. The Balaban J connectivity index is 1.81. The minimum absolute atomic E-state index is 0.611. The molecule has 1 aliphatic heterocycles. The van der Waals surface area contributed by atoms with Gasteiger partial charge in [0.05, 0.1) is 6.61 Å². The lowest BCUT2D eigenvalue weighted by molar-refractivity contribution is 0.0490. The summed E-state index contributed by atoms with van der Waals surface area (Å²) in [5, 5.41) is 0. The van der Waals surface area contributed by atoms with E-state index in [0.29, 0.717) is 11.8 Å². The maximum absolute atomic E-state index is 5.63. The van der Waals surface area contributed by atoms with Crippen LogP contribution in [0.3, 0.4) is 0 Å². The van der Waals surface area contributed by atoms with Crippen molar-refractivity contribution in [3.05, 3.63) is 22.8 Å². The van der Waals surface area contributed by atoms with Crippen molar-refractivity contribution in [2.24, 2.45) is 5.92 Å². The maximum atomic E-state index is 5.63. The minimum Gasteiger partial charge on any atom is -0.477 e. The molecule has 1 fully saturated rings. The summed E-state index contributed by atoms with van der Waals surface area (Å²) in [6.45, 7) is 2.46. The van der Waals surface area contributed by atoms with E-state index in [1.807, 2.05) is 12.1 Å². The number of hydrogen-bond acceptors (Lipinski definition) is 3. The number of aromatic nitrogens is 1. The molecule has 2 rings (SSSR count). The first-order valence-corrected chi connectivity index (χ1v) is 5.96. The molecule has 2 heterocycles. The van der Waals surface area contributed by atoms with Gasteiger partial charge in [-0.15, -0.1) is 0 Å². The third kappa shape index (κ3) is 3.47. The van der Waals surface area contributed by atoms with E-state index in [9.17, 15) is 0 Å². The van der Waals surface area contributed by atoms with E-state index in [1.54, 1.807) is 6.20 Å². The third-order valence-corrected chi connectivity index (χ3v) is 3.00. The molecule has 0 spiro atoms. The standard InChI is InChI=1S/C11H14BrNO2/c12-10-1-4-13-11(7-10)15-8-9-2-5-14-6-3-9/h1,4,7,9H,2-3,5-6,8H2. The fourth-order valence-corrected chi connectivity index (χ4v) is 1.89. The number of halogens is 1. The van der Waals surface area contributed by atoms with E-state index in [0.717, 1.165) is 37.1 Å². The SMILES string of the molecule is Brc1ccnc(OCC2CCOCC2)c1. The van der Waals surface area contributed by atoms with Gasteiger partial charge in [0.2, 0.25) is 5.88 Å². The number of nitrogens with zero attached hydrogens (tertiary/aromatic N) is 1. The van der Waals surface area contributed by atoms with E-state index >= 15 is 0 Å². The van der Waals surface area contributed by atoms with Crippen molar-refractivity contribution >= 4 is 15.9 Å². The molecule has 0 radical (unpaired) electrons. The van der Waals surface area contributed by atoms with Gasteiger partial charge in [-0.25, -0.2) is 4.98 Å². The van der Waals surface area contributed by atoms with Crippen LogP contribution >= 0.6 is 15.9 Å². The Bertz CT molecular complexity index is 313. The summed E-state index contributed by atoms with van der Waals surface area (Å²) in [6.07, 6.45) is 3.92. The molecule has 1 aliphatic rings. The fraction of sp³-hybridized carbons (Fsp3) is 0.545. The summed E-state index contributed by atoms with van der Waals surface area (Å²) in [6, 6.07) is 3.78. The predicted molar refractivity (Wildman–Crippen MR) is 61.0 cm³/mol. The third-order valence-electron chi connectivity index (χ3n) is 2.50. The highest BCUT2D eigenvalue weighted by Gasteiger charge is 2.14. The molecule has 3 nitrogen and oxygen atoms in total. The van der Waals surface area contributed by atoms with Crippen LogP contribution in [0.2, 0.25) is 0 Å². The van der Waals surface area contributed by atoms with Crippen molar-refractivity contribution in [1.29, 1.82) is 0 Å². The number of ether oxygens (including phenoxy) is 2. The summed E-state index contributed by atoms with van der Waals surface area (Å²) >= 11 is 3.39. The Kier molecular flexibility index (Phi) is 3.97. The summed E-state index contributed by atoms with van der Waals surface area (Å²) in [5.41, 5.74) is 0. The summed E-state index contributed by atoms with van der Waals surface area (Å²) < 4.78 is 11.9. The molecule has 0 N–H and O–H groups in total. The van der Waals surface area contributed by atoms with Gasteiger partial charge in [0.15, 0.2) is 0 Å². The molecule has 1 aromatic rings. The molecule has 0 bridgehead atoms. The van der Waals surface area contributed by atoms with Crippen LogP contribution in [0.5, 0.6) is 5.88 Å². The fourth-order valence-electron chi connectivity index (χ4n) is 1.58. The van der Waals surface area contributed by atoms with Gasteiger partial charge < -0.3 is 9.47 Å². The van der Waals surface area contributed by atoms with Gasteiger partial charge in [-0.3, -0.25) is 0 Å². The molecule has 82 valence electrons. The Morgan fingerprint density at radius 3 is 3.00 bits per heavy atom. The lowest BCUT2D eigenvalue weighted by atomic mass is 10.0. The van der Waals surface area contributed by atoms with Crippen molar-refractivity contribution in [2.75, 3.05) is 19.8 Å². The number of pyridine rings is 1. The lowest BCUT2D eigenvalue weighted by Crippen LogP contribution is -2.21. The smallest absolute Gasteiger partial charge is 0.214 e. The Morgan fingerprint density at radius 1 is 1.47 bits per heavy atom. The second kappa shape index (κ2) is 5.47. The van der Waals surface area contributed by atoms with E-state index in [2.05, 4.69) is 20.9 Å². The van der Waals surface area contributed by atoms with Gasteiger partial charge in [0, 0.05) is 29.9 Å². The first-order valence-electron chi connectivity index (χ1n) is 5.17. The second-order valence-electron chi connectivity index (χ2n) is 3.68. The molecule has 1 saturated heterocycles. The van der Waals surface area contributed by atoms with Crippen LogP contribution in [0, 0.1) is 5.92 Å². The van der Waals surface area contributed by atoms with Gasteiger partial charge in [0.25, 0.3) is 0 Å². The van der Waals surface area contributed by atoms with E-state index < -0.39 is 0 Å². The van der Waals surface area contributed by atoms with Gasteiger partial charge in [0.1, 0.15) is 0 Å². The summed E-state index contributed by atoms with van der Waals surface area (Å²) in [5.74, 6) is 1.30. The number of rotatable bonds is 3. The van der Waals surface area contributed by atoms with E-state index in [4.69, 9.17) is 9.47 Å². The largest absolute Gasteiger partial charge is 0.477 e. The molecule has 0 aliphatic carbocycles. The van der Waals surface area contributed by atoms with E-state index in [-0.39, 0.29) is 0 Å². The van der Waals surface area contributed by atoms with Crippen LogP contribution in [-0.4, -0.2) is 24.8 Å².